The summed E-state index contributed by atoms with van der Waals surface area (Å²) in [6.45, 7) is 5.40. The van der Waals surface area contributed by atoms with Crippen LogP contribution in [0.4, 0.5) is 13.2 Å². The molecule has 0 spiro atoms. The van der Waals surface area contributed by atoms with E-state index in [2.05, 4.69) is 40.3 Å². The average Bonchev–Trinajstić information content (AvgIpc) is 3.48. The number of halogens is 3. The number of nitrogens with zero attached hydrogens (tertiary/aromatic N) is 7. The van der Waals surface area contributed by atoms with Crippen molar-refractivity contribution in [2.45, 2.75) is 77.8 Å². The van der Waals surface area contributed by atoms with Gasteiger partial charge >= 0.3 is 6.61 Å². The van der Waals surface area contributed by atoms with E-state index in [4.69, 9.17) is 19.8 Å². The number of rotatable bonds is 9. The molecule has 1 aliphatic carbocycles. The van der Waals surface area contributed by atoms with Gasteiger partial charge in [-0.25, -0.2) is 8.91 Å². The zero-order valence-electron chi connectivity index (χ0n) is 26.0. The number of aromatic nitrogens is 5. The summed E-state index contributed by atoms with van der Waals surface area (Å²) in [5.41, 5.74) is 3.89. The Hall–Kier alpha value is -4.35. The highest BCUT2D eigenvalue weighted by atomic mass is 19.3. The number of alkyl halides is 2. The zero-order chi connectivity index (χ0) is 32.6. The van der Waals surface area contributed by atoms with Gasteiger partial charge in [-0.15, -0.1) is 0 Å². The Bertz CT molecular complexity index is 1730. The molecule has 1 aliphatic heterocycles. The molecule has 1 saturated carbocycles. The number of nitrogens with one attached hydrogen (secondary N) is 1. The molecule has 0 saturated heterocycles. The number of aliphatic hydroxyl groups excluding tert-OH is 1. The average molecular weight is 639 g/mol. The molecule has 2 aliphatic rings. The fourth-order valence-corrected chi connectivity index (χ4v) is 7.15. The molecule has 3 atom stereocenters. The van der Waals surface area contributed by atoms with Gasteiger partial charge in [-0.1, -0.05) is 13.8 Å². The van der Waals surface area contributed by atoms with Crippen LogP contribution in [0.3, 0.4) is 0 Å². The summed E-state index contributed by atoms with van der Waals surface area (Å²) in [7, 11) is 0. The van der Waals surface area contributed by atoms with Gasteiger partial charge in [0.25, 0.3) is 0 Å². The summed E-state index contributed by atoms with van der Waals surface area (Å²) in [6, 6.07) is 4.86. The largest absolute Gasteiger partial charge is 0.479 e. The first-order chi connectivity index (χ1) is 22.1. The van der Waals surface area contributed by atoms with Crippen LogP contribution in [-0.2, 0) is 13.0 Å². The Morgan fingerprint density at radius 1 is 1.15 bits per heavy atom. The fraction of sp³-hybridized carbons (Fsp3) is 0.500. The number of ether oxygens (including phenoxy) is 2. The normalized spacial score (nSPS) is 20.6. The van der Waals surface area contributed by atoms with E-state index in [0.29, 0.717) is 23.8 Å². The summed E-state index contributed by atoms with van der Waals surface area (Å²) in [4.78, 5) is 6.58. The van der Waals surface area contributed by atoms with Crippen LogP contribution in [0.2, 0.25) is 0 Å². The highest BCUT2D eigenvalue weighted by Gasteiger charge is 2.40. The molecule has 46 heavy (non-hydrogen) atoms. The predicted molar refractivity (Wildman–Crippen MR) is 162 cm³/mol. The van der Waals surface area contributed by atoms with E-state index >= 15 is 0 Å². The molecule has 244 valence electrons. The molecule has 1 fully saturated rings. The highest BCUT2D eigenvalue weighted by molar-refractivity contribution is 5.75. The highest BCUT2D eigenvalue weighted by Crippen LogP contribution is 2.41. The first-order valence-corrected chi connectivity index (χ1v) is 15.4. The molecule has 5 heterocycles. The van der Waals surface area contributed by atoms with Gasteiger partial charge in [0.15, 0.2) is 29.3 Å². The summed E-state index contributed by atoms with van der Waals surface area (Å²) in [5, 5.41) is 31.4. The SMILES string of the molecule is Cc1c(-c2cc(OC(CO)c3ccc(F)cn3)c3c(OC(F)F)cnn3c2)nn2c1CCN(C1CCC(NC#N)CC1(C)C)CC2. The van der Waals surface area contributed by atoms with Gasteiger partial charge in [0.05, 0.1) is 36.9 Å². The van der Waals surface area contributed by atoms with Crippen LogP contribution in [0.25, 0.3) is 16.8 Å². The van der Waals surface area contributed by atoms with Crippen molar-refractivity contribution >= 4 is 5.52 Å². The molecule has 0 bridgehead atoms. The summed E-state index contributed by atoms with van der Waals surface area (Å²) >= 11 is 0. The molecule has 4 aromatic heterocycles. The van der Waals surface area contributed by atoms with Crippen LogP contribution < -0.4 is 14.8 Å². The van der Waals surface area contributed by atoms with E-state index in [1.165, 1.54) is 22.8 Å². The minimum atomic E-state index is -3.09. The maximum atomic E-state index is 13.5. The Morgan fingerprint density at radius 2 is 1.98 bits per heavy atom. The summed E-state index contributed by atoms with van der Waals surface area (Å²) in [6.07, 6.45) is 8.68. The lowest BCUT2D eigenvalue weighted by molar-refractivity contribution is -0.0489. The maximum absolute atomic E-state index is 13.5. The van der Waals surface area contributed by atoms with Crippen molar-refractivity contribution in [2.24, 2.45) is 5.41 Å². The first kappa shape index (κ1) is 31.6. The van der Waals surface area contributed by atoms with Gasteiger partial charge in [0.1, 0.15) is 5.82 Å². The molecule has 11 nitrogen and oxygen atoms in total. The van der Waals surface area contributed by atoms with Gasteiger partial charge in [0.2, 0.25) is 0 Å². The number of aliphatic hydroxyl groups is 1. The van der Waals surface area contributed by atoms with Crippen LogP contribution in [0.1, 0.15) is 56.2 Å². The lowest BCUT2D eigenvalue weighted by Crippen LogP contribution is -2.52. The lowest BCUT2D eigenvalue weighted by atomic mass is 9.70. The van der Waals surface area contributed by atoms with E-state index in [1.54, 1.807) is 12.3 Å². The van der Waals surface area contributed by atoms with Crippen LogP contribution in [-0.4, -0.2) is 72.8 Å². The minimum Gasteiger partial charge on any atom is -0.479 e. The van der Waals surface area contributed by atoms with Crippen molar-refractivity contribution in [3.63, 3.8) is 0 Å². The van der Waals surface area contributed by atoms with E-state index in [0.717, 1.165) is 56.2 Å². The molecule has 6 rings (SSSR count). The third kappa shape index (κ3) is 6.21. The van der Waals surface area contributed by atoms with Gasteiger partial charge < -0.3 is 19.9 Å². The number of pyridine rings is 2. The Balaban J connectivity index is 1.30. The van der Waals surface area contributed by atoms with E-state index < -0.39 is 25.1 Å². The monoisotopic (exact) mass is 638 g/mol. The molecular weight excluding hydrogens is 601 g/mol. The lowest BCUT2D eigenvalue weighted by Gasteiger charge is -2.47. The van der Waals surface area contributed by atoms with Crippen LogP contribution >= 0.6 is 0 Å². The third-order valence-corrected chi connectivity index (χ3v) is 9.28. The van der Waals surface area contributed by atoms with E-state index in [-0.39, 0.29) is 34.2 Å². The molecule has 0 aromatic carbocycles. The fourth-order valence-electron chi connectivity index (χ4n) is 7.15. The molecule has 0 radical (unpaired) electrons. The molecular formula is C32H37F3N8O3. The van der Waals surface area contributed by atoms with Crippen molar-refractivity contribution in [3.8, 4) is 28.9 Å². The predicted octanol–water partition coefficient (Wildman–Crippen LogP) is 4.63. The molecule has 3 unspecified atom stereocenters. The van der Waals surface area contributed by atoms with Crippen molar-refractivity contribution < 1.29 is 27.8 Å². The maximum Gasteiger partial charge on any atom is 0.387 e. The smallest absolute Gasteiger partial charge is 0.387 e. The first-order valence-electron chi connectivity index (χ1n) is 15.4. The zero-order valence-corrected chi connectivity index (χ0v) is 26.0. The van der Waals surface area contributed by atoms with Gasteiger partial charge in [-0.05, 0) is 55.4 Å². The molecule has 2 N–H and O–H groups in total. The molecule has 4 aromatic rings. The Labute approximate surface area is 264 Å². The van der Waals surface area contributed by atoms with Gasteiger partial charge in [-0.3, -0.25) is 14.6 Å². The topological polar surface area (TPSA) is 126 Å². The Morgan fingerprint density at radius 3 is 2.67 bits per heavy atom. The van der Waals surface area contributed by atoms with Crippen molar-refractivity contribution in [3.05, 3.63) is 59.6 Å². The van der Waals surface area contributed by atoms with Crippen LogP contribution in [0.15, 0.2) is 36.8 Å². The standard InChI is InChI=1S/C32H37F3N8O3/c1-19-24-8-9-41(28-7-5-22(38-18-36)13-32(28,2)3)10-11-42(24)40-29(19)20-12-25(30-26(46-31(34)35)15-39-43(30)16-20)45-27(17-44)23-6-4-21(33)14-37-23/h4,6,12,14-16,22,27-28,31,38,44H,5,7-11,13,17H2,1-3H3. The minimum absolute atomic E-state index is 0.0533. The third-order valence-electron chi connectivity index (χ3n) is 9.28. The second kappa shape index (κ2) is 12.8. The van der Waals surface area contributed by atoms with Crippen LogP contribution in [0, 0.1) is 29.6 Å². The number of hydrogen-bond acceptors (Lipinski definition) is 9. The quantitative estimate of drug-likeness (QED) is 0.199. The Kier molecular flexibility index (Phi) is 8.80. The summed E-state index contributed by atoms with van der Waals surface area (Å²) in [5.74, 6) is -0.623. The van der Waals surface area contributed by atoms with Crippen molar-refractivity contribution in [2.75, 3.05) is 19.7 Å². The molecule has 0 amide bonds. The number of nitriles is 1. The molecule has 14 heteroatoms. The van der Waals surface area contributed by atoms with E-state index in [9.17, 15) is 18.3 Å². The van der Waals surface area contributed by atoms with Gasteiger partial charge in [0, 0.05) is 49.0 Å². The van der Waals surface area contributed by atoms with Crippen molar-refractivity contribution in [1.82, 2.24) is 34.6 Å². The second-order valence-electron chi connectivity index (χ2n) is 12.6. The van der Waals surface area contributed by atoms with Crippen LogP contribution in [0.5, 0.6) is 11.5 Å². The number of hydrogen-bond donors (Lipinski definition) is 2. The second-order valence-corrected chi connectivity index (χ2v) is 12.6. The summed E-state index contributed by atoms with van der Waals surface area (Å²) < 4.78 is 54.4. The number of fused-ring (bicyclic) bond motifs is 2. The van der Waals surface area contributed by atoms with Crippen molar-refractivity contribution in [1.29, 1.82) is 5.26 Å². The van der Waals surface area contributed by atoms with Gasteiger partial charge in [-0.2, -0.15) is 24.2 Å². The van der Waals surface area contributed by atoms with E-state index in [1.807, 2.05) is 11.6 Å².